The predicted octanol–water partition coefficient (Wildman–Crippen LogP) is 2.90. The number of ether oxygens (including phenoxy) is 1. The number of rotatable bonds is 12. The molecule has 30 heavy (non-hydrogen) atoms. The molecule has 0 aliphatic heterocycles. The molecule has 1 N–H and O–H groups in total. The first kappa shape index (κ1) is 23.9. The fourth-order valence-electron chi connectivity index (χ4n) is 3.39. The van der Waals surface area contributed by atoms with E-state index in [1.165, 1.54) is 0 Å². The van der Waals surface area contributed by atoms with Gasteiger partial charge in [0.15, 0.2) is 0 Å². The maximum Gasteiger partial charge on any atom is 0.307 e. The van der Waals surface area contributed by atoms with Crippen LogP contribution < -0.4 is 5.32 Å². The van der Waals surface area contributed by atoms with Gasteiger partial charge in [-0.1, -0.05) is 12.1 Å². The van der Waals surface area contributed by atoms with E-state index >= 15 is 0 Å². The lowest BCUT2D eigenvalue weighted by molar-refractivity contribution is -0.144. The van der Waals surface area contributed by atoms with Gasteiger partial charge in [0.25, 0.3) is 0 Å². The molecule has 0 heterocycles. The molecule has 1 fully saturated rings. The Hall–Kier alpha value is -2.41. The zero-order valence-electron chi connectivity index (χ0n) is 18.7. The molecule has 1 aliphatic carbocycles. The minimum atomic E-state index is -0.286. The summed E-state index contributed by atoms with van der Waals surface area (Å²) in [7, 11) is 0. The Bertz CT molecular complexity index is 746. The Morgan fingerprint density at radius 1 is 1.10 bits per heavy atom. The van der Waals surface area contributed by atoms with Crippen LogP contribution in [0.2, 0.25) is 0 Å². The van der Waals surface area contributed by atoms with Crippen LogP contribution in [0.15, 0.2) is 18.2 Å². The number of esters is 1. The number of carbonyl (C=O) groups excluding carboxylic acids is 3. The van der Waals surface area contributed by atoms with E-state index in [2.05, 4.69) is 10.2 Å². The van der Waals surface area contributed by atoms with Crippen LogP contribution in [0.5, 0.6) is 0 Å². The third-order valence-corrected chi connectivity index (χ3v) is 5.32. The molecular formula is C23H35N3O4. The second-order valence-corrected chi connectivity index (χ2v) is 7.85. The summed E-state index contributed by atoms with van der Waals surface area (Å²) in [4.78, 5) is 40.5. The maximum atomic E-state index is 12.6. The van der Waals surface area contributed by atoms with Gasteiger partial charge in [-0.3, -0.25) is 19.3 Å². The van der Waals surface area contributed by atoms with E-state index in [0.717, 1.165) is 29.7 Å². The van der Waals surface area contributed by atoms with E-state index in [-0.39, 0.29) is 30.7 Å². The van der Waals surface area contributed by atoms with Crippen LogP contribution >= 0.6 is 0 Å². The summed E-state index contributed by atoms with van der Waals surface area (Å²) in [5, 5.41) is 3.00. The summed E-state index contributed by atoms with van der Waals surface area (Å²) in [5.74, 6) is -0.341. The van der Waals surface area contributed by atoms with Crippen molar-refractivity contribution >= 4 is 23.5 Å². The highest BCUT2D eigenvalue weighted by molar-refractivity contribution is 5.93. The average Bonchev–Trinajstić information content (AvgIpc) is 3.54. The van der Waals surface area contributed by atoms with E-state index < -0.39 is 0 Å². The molecule has 7 heteroatoms. The van der Waals surface area contributed by atoms with Crippen molar-refractivity contribution in [1.82, 2.24) is 9.80 Å². The first-order valence-corrected chi connectivity index (χ1v) is 10.9. The third-order valence-electron chi connectivity index (χ3n) is 5.32. The monoisotopic (exact) mass is 417 g/mol. The molecule has 0 spiro atoms. The molecule has 1 aliphatic rings. The number of nitrogens with zero attached hydrogens (tertiary/aromatic N) is 2. The highest BCUT2D eigenvalue weighted by atomic mass is 16.5. The van der Waals surface area contributed by atoms with Gasteiger partial charge >= 0.3 is 5.97 Å². The zero-order valence-corrected chi connectivity index (χ0v) is 18.7. The normalized spacial score (nSPS) is 13.2. The number of hydrogen-bond acceptors (Lipinski definition) is 5. The molecule has 0 radical (unpaired) electrons. The van der Waals surface area contributed by atoms with Crippen molar-refractivity contribution in [3.8, 4) is 0 Å². The predicted molar refractivity (Wildman–Crippen MR) is 117 cm³/mol. The van der Waals surface area contributed by atoms with Crippen LogP contribution in [0, 0.1) is 13.8 Å². The van der Waals surface area contributed by atoms with Crippen LogP contribution in [0.1, 0.15) is 50.7 Å². The molecule has 7 nitrogen and oxygen atoms in total. The second-order valence-electron chi connectivity index (χ2n) is 7.85. The lowest BCUT2D eigenvalue weighted by Crippen LogP contribution is -2.39. The minimum Gasteiger partial charge on any atom is -0.466 e. The number of benzene rings is 1. The molecule has 2 rings (SSSR count). The molecule has 0 atom stereocenters. The fraction of sp³-hybridized carbons (Fsp3) is 0.609. The van der Waals surface area contributed by atoms with Crippen LogP contribution in [0.3, 0.4) is 0 Å². The van der Waals surface area contributed by atoms with E-state index in [0.29, 0.717) is 38.7 Å². The Kier molecular flexibility index (Phi) is 9.30. The Labute approximate surface area is 179 Å². The van der Waals surface area contributed by atoms with Gasteiger partial charge in [0.1, 0.15) is 0 Å². The van der Waals surface area contributed by atoms with Gasteiger partial charge in [0.2, 0.25) is 11.8 Å². The van der Waals surface area contributed by atoms with E-state index in [9.17, 15) is 14.4 Å². The number of hydrogen-bond donors (Lipinski definition) is 1. The van der Waals surface area contributed by atoms with Crippen LogP contribution in [-0.2, 0) is 19.1 Å². The average molecular weight is 418 g/mol. The second kappa shape index (κ2) is 11.7. The van der Waals surface area contributed by atoms with Gasteiger partial charge in [-0.05, 0) is 57.7 Å². The number of aryl methyl sites for hydroxylation is 2. The molecule has 0 saturated heterocycles. The topological polar surface area (TPSA) is 79.0 Å². The van der Waals surface area contributed by atoms with Gasteiger partial charge in [0.05, 0.1) is 19.6 Å². The van der Waals surface area contributed by atoms with Crippen LogP contribution in [0.25, 0.3) is 0 Å². The Morgan fingerprint density at radius 3 is 2.47 bits per heavy atom. The maximum absolute atomic E-state index is 12.6. The van der Waals surface area contributed by atoms with Gasteiger partial charge in [-0.25, -0.2) is 0 Å². The van der Waals surface area contributed by atoms with Crippen molar-refractivity contribution in [3.05, 3.63) is 29.3 Å². The van der Waals surface area contributed by atoms with Crippen molar-refractivity contribution in [2.24, 2.45) is 0 Å². The third kappa shape index (κ3) is 7.78. The van der Waals surface area contributed by atoms with Crippen molar-refractivity contribution in [2.45, 2.75) is 59.4 Å². The van der Waals surface area contributed by atoms with E-state index in [1.807, 2.05) is 39.0 Å². The standard InChI is InChI=1S/C23H35N3O4/c1-5-25(14-12-23(29)30-6-2)22(28)11-13-26(19-9-10-19)16-21(27)24-20-15-17(3)7-8-18(20)4/h7-8,15,19H,5-6,9-14,16H2,1-4H3,(H,24,27). The first-order chi connectivity index (χ1) is 14.3. The van der Waals surface area contributed by atoms with Crippen molar-refractivity contribution in [3.63, 3.8) is 0 Å². The molecule has 1 aromatic rings. The molecule has 0 bridgehead atoms. The van der Waals surface area contributed by atoms with Gasteiger partial charge in [0, 0.05) is 37.8 Å². The summed E-state index contributed by atoms with van der Waals surface area (Å²) < 4.78 is 4.93. The van der Waals surface area contributed by atoms with Gasteiger partial charge < -0.3 is 15.0 Å². The Morgan fingerprint density at radius 2 is 1.83 bits per heavy atom. The SMILES string of the molecule is CCOC(=O)CCN(CC)C(=O)CCN(CC(=O)Nc1cc(C)ccc1C)C1CC1. The number of nitrogens with one attached hydrogen (secondary N) is 1. The Balaban J connectivity index is 1.84. The quantitative estimate of drug-likeness (QED) is 0.529. The minimum absolute atomic E-state index is 0.00221. The summed E-state index contributed by atoms with van der Waals surface area (Å²) in [5.41, 5.74) is 2.97. The summed E-state index contributed by atoms with van der Waals surface area (Å²) in [6.07, 6.45) is 2.67. The summed E-state index contributed by atoms with van der Waals surface area (Å²) in [6.45, 7) is 9.72. The number of amides is 2. The lowest BCUT2D eigenvalue weighted by atomic mass is 10.1. The molecule has 166 valence electrons. The lowest BCUT2D eigenvalue weighted by Gasteiger charge is -2.24. The smallest absolute Gasteiger partial charge is 0.307 e. The van der Waals surface area contributed by atoms with Gasteiger partial charge in [-0.2, -0.15) is 0 Å². The van der Waals surface area contributed by atoms with E-state index in [1.54, 1.807) is 11.8 Å². The van der Waals surface area contributed by atoms with Gasteiger partial charge in [-0.15, -0.1) is 0 Å². The van der Waals surface area contributed by atoms with E-state index in [4.69, 9.17) is 4.74 Å². The first-order valence-electron chi connectivity index (χ1n) is 10.9. The molecule has 1 saturated carbocycles. The highest BCUT2D eigenvalue weighted by Crippen LogP contribution is 2.27. The molecule has 1 aromatic carbocycles. The highest BCUT2D eigenvalue weighted by Gasteiger charge is 2.31. The van der Waals surface area contributed by atoms with Crippen molar-refractivity contribution < 1.29 is 19.1 Å². The van der Waals surface area contributed by atoms with Crippen LogP contribution in [-0.4, -0.2) is 66.4 Å². The van der Waals surface area contributed by atoms with Crippen molar-refractivity contribution in [2.75, 3.05) is 38.1 Å². The summed E-state index contributed by atoms with van der Waals surface area (Å²) in [6, 6.07) is 6.37. The number of carbonyl (C=O) groups is 3. The largest absolute Gasteiger partial charge is 0.466 e. The molecule has 2 amide bonds. The zero-order chi connectivity index (χ0) is 22.1. The number of anilines is 1. The molecular weight excluding hydrogens is 382 g/mol. The molecule has 0 aromatic heterocycles. The van der Waals surface area contributed by atoms with Crippen molar-refractivity contribution in [1.29, 1.82) is 0 Å². The molecule has 0 unspecified atom stereocenters. The summed E-state index contributed by atoms with van der Waals surface area (Å²) >= 11 is 0. The van der Waals surface area contributed by atoms with Crippen LogP contribution in [0.4, 0.5) is 5.69 Å². The fourth-order valence-corrected chi connectivity index (χ4v) is 3.39.